The number of fused-ring (bicyclic) bond motifs is 1. The smallest absolute Gasteiger partial charge is 0.308 e. The van der Waals surface area contributed by atoms with E-state index in [-0.39, 0.29) is 12.4 Å². The van der Waals surface area contributed by atoms with Crippen molar-refractivity contribution in [1.29, 1.82) is 0 Å². The molecule has 0 spiro atoms. The van der Waals surface area contributed by atoms with Crippen LogP contribution in [-0.4, -0.2) is 45.7 Å². The van der Waals surface area contributed by atoms with Crippen LogP contribution in [0.15, 0.2) is 67.0 Å². The Hall–Kier alpha value is -3.30. The van der Waals surface area contributed by atoms with E-state index in [1.54, 1.807) is 0 Å². The molecule has 9 heteroatoms. The molecule has 29 heavy (non-hydrogen) atoms. The first-order chi connectivity index (χ1) is 13.9. The van der Waals surface area contributed by atoms with Crippen LogP contribution in [0.1, 0.15) is 5.82 Å². The summed E-state index contributed by atoms with van der Waals surface area (Å²) in [5, 5.41) is 0. The highest BCUT2D eigenvalue weighted by Gasteiger charge is 2.23. The highest BCUT2D eigenvalue weighted by molar-refractivity contribution is 7.87. The number of aromatic nitrogens is 4. The molecule has 0 fully saturated rings. The molecular weight excluding hydrogens is 390 g/mol. The van der Waals surface area contributed by atoms with Crippen LogP contribution in [0.2, 0.25) is 0 Å². The van der Waals surface area contributed by atoms with E-state index in [0.29, 0.717) is 17.1 Å². The number of hydrogen-bond donors (Lipinski definition) is 0. The maximum atomic E-state index is 12.7. The Bertz CT molecular complexity index is 1250. The molecule has 8 nitrogen and oxygen atoms in total. The number of benzene rings is 2. The number of nitrogens with zero attached hydrogens (tertiary/aromatic N) is 5. The number of para-hydroxylation sites is 2. The largest absolute Gasteiger partial charge is 0.468 e. The van der Waals surface area contributed by atoms with Crippen molar-refractivity contribution in [2.45, 2.75) is 6.61 Å². The molecule has 4 aromatic rings. The van der Waals surface area contributed by atoms with E-state index >= 15 is 0 Å². The predicted octanol–water partition coefficient (Wildman–Crippen LogP) is 2.73. The Morgan fingerprint density at radius 1 is 0.966 bits per heavy atom. The lowest BCUT2D eigenvalue weighted by atomic mass is 10.2. The maximum Gasteiger partial charge on any atom is 0.308 e. The fourth-order valence-electron chi connectivity index (χ4n) is 2.77. The van der Waals surface area contributed by atoms with Crippen LogP contribution in [0.25, 0.3) is 22.3 Å². The van der Waals surface area contributed by atoms with Crippen molar-refractivity contribution in [1.82, 2.24) is 23.2 Å². The Morgan fingerprint density at radius 2 is 1.66 bits per heavy atom. The Labute approximate surface area is 168 Å². The summed E-state index contributed by atoms with van der Waals surface area (Å²) in [6.07, 6.45) is 3.00. The summed E-state index contributed by atoms with van der Waals surface area (Å²) in [4.78, 5) is 13.2. The fraction of sp³-hybridized carbons (Fsp3) is 0.150. The summed E-state index contributed by atoms with van der Waals surface area (Å²) in [7, 11) is -0.824. The minimum absolute atomic E-state index is 0.0765. The molecule has 0 N–H and O–H groups in total. The summed E-state index contributed by atoms with van der Waals surface area (Å²) in [5.41, 5.74) is 2.80. The van der Waals surface area contributed by atoms with Gasteiger partial charge in [-0.05, 0) is 12.1 Å². The van der Waals surface area contributed by atoms with Crippen LogP contribution in [0.5, 0.6) is 5.88 Å². The van der Waals surface area contributed by atoms with Gasteiger partial charge in [-0.3, -0.25) is 0 Å². The third-order valence-electron chi connectivity index (χ3n) is 4.30. The summed E-state index contributed by atoms with van der Waals surface area (Å²) < 4.78 is 33.5. The molecule has 2 aromatic carbocycles. The van der Waals surface area contributed by atoms with Crippen molar-refractivity contribution < 1.29 is 13.2 Å². The minimum Gasteiger partial charge on any atom is -0.468 e. The summed E-state index contributed by atoms with van der Waals surface area (Å²) in [6.45, 7) is -0.0765. The normalized spacial score (nSPS) is 11.8. The number of hydrogen-bond acceptors (Lipinski definition) is 6. The minimum atomic E-state index is -3.76. The van der Waals surface area contributed by atoms with E-state index in [9.17, 15) is 8.42 Å². The predicted molar refractivity (Wildman–Crippen MR) is 110 cm³/mol. The van der Waals surface area contributed by atoms with E-state index in [4.69, 9.17) is 4.74 Å². The lowest BCUT2D eigenvalue weighted by Crippen LogP contribution is -2.30. The van der Waals surface area contributed by atoms with E-state index in [0.717, 1.165) is 19.4 Å². The average Bonchev–Trinajstić information content (AvgIpc) is 3.18. The van der Waals surface area contributed by atoms with E-state index in [2.05, 4.69) is 15.0 Å². The van der Waals surface area contributed by atoms with Crippen molar-refractivity contribution in [3.63, 3.8) is 0 Å². The summed E-state index contributed by atoms with van der Waals surface area (Å²) >= 11 is 0. The zero-order valence-electron chi connectivity index (χ0n) is 15.9. The lowest BCUT2D eigenvalue weighted by Gasteiger charge is -2.14. The van der Waals surface area contributed by atoms with Gasteiger partial charge in [0.05, 0.1) is 22.9 Å². The number of imidazole rings is 1. The third-order valence-corrected chi connectivity index (χ3v) is 6.03. The molecule has 0 aliphatic rings. The summed E-state index contributed by atoms with van der Waals surface area (Å²) in [6, 6.07) is 16.8. The van der Waals surface area contributed by atoms with Gasteiger partial charge >= 0.3 is 10.2 Å². The first-order valence-electron chi connectivity index (χ1n) is 8.86. The van der Waals surface area contributed by atoms with E-state index in [1.807, 2.05) is 54.6 Å². The lowest BCUT2D eigenvalue weighted by molar-refractivity contribution is 0.283. The molecule has 2 aromatic heterocycles. The number of ether oxygens (including phenoxy) is 1. The monoisotopic (exact) mass is 409 g/mol. The molecule has 0 radical (unpaired) electrons. The quantitative estimate of drug-likeness (QED) is 0.486. The summed E-state index contributed by atoms with van der Waals surface area (Å²) in [5.74, 6) is 0.536. The maximum absolute atomic E-state index is 12.7. The van der Waals surface area contributed by atoms with Crippen molar-refractivity contribution in [2.75, 3.05) is 14.1 Å². The Balaban J connectivity index is 1.68. The molecule has 0 aliphatic carbocycles. The van der Waals surface area contributed by atoms with Gasteiger partial charge in [-0.1, -0.05) is 42.5 Å². The molecular formula is C20H19N5O3S. The van der Waals surface area contributed by atoms with Crippen LogP contribution in [0, 0.1) is 0 Å². The molecule has 0 saturated carbocycles. The zero-order valence-corrected chi connectivity index (χ0v) is 16.7. The second-order valence-electron chi connectivity index (χ2n) is 6.48. The first-order valence-corrected chi connectivity index (χ1v) is 10.3. The standard InChI is InChI=1S/C20H19N5O3S/c1-24(2)29(26,27)25-13-18(15-8-4-3-5-9-15)22-19(25)14-28-20-12-21-16-10-6-7-11-17(16)23-20/h3-13H,14H2,1-2H3. The van der Waals surface area contributed by atoms with Crippen LogP contribution in [0.3, 0.4) is 0 Å². The molecule has 0 unspecified atom stereocenters. The first kappa shape index (κ1) is 19.0. The molecule has 0 bridgehead atoms. The van der Waals surface area contributed by atoms with Crippen molar-refractivity contribution in [2.24, 2.45) is 0 Å². The second-order valence-corrected chi connectivity index (χ2v) is 8.50. The second kappa shape index (κ2) is 7.61. The zero-order chi connectivity index (χ0) is 20.4. The van der Waals surface area contributed by atoms with Gasteiger partial charge in [-0.25, -0.2) is 18.9 Å². The van der Waals surface area contributed by atoms with Gasteiger partial charge in [0.25, 0.3) is 0 Å². The molecule has 0 aliphatic heterocycles. The van der Waals surface area contributed by atoms with Gasteiger partial charge in [0.15, 0.2) is 5.82 Å². The number of rotatable bonds is 6. The van der Waals surface area contributed by atoms with Crippen molar-refractivity contribution in [3.05, 3.63) is 72.8 Å². The Kier molecular flexibility index (Phi) is 4.99. The van der Waals surface area contributed by atoms with Gasteiger partial charge in [0, 0.05) is 25.9 Å². The molecule has 0 saturated heterocycles. The molecule has 0 amide bonds. The van der Waals surface area contributed by atoms with Gasteiger partial charge in [0.1, 0.15) is 6.61 Å². The molecule has 2 heterocycles. The third kappa shape index (κ3) is 3.82. The van der Waals surface area contributed by atoms with Crippen LogP contribution < -0.4 is 4.74 Å². The fourth-order valence-corrected chi connectivity index (χ4v) is 3.72. The Morgan fingerprint density at radius 3 is 2.38 bits per heavy atom. The molecule has 0 atom stereocenters. The van der Waals surface area contributed by atoms with Gasteiger partial charge in [-0.15, -0.1) is 0 Å². The van der Waals surface area contributed by atoms with Gasteiger partial charge < -0.3 is 4.74 Å². The SMILES string of the molecule is CN(C)S(=O)(=O)n1cc(-c2ccccc2)nc1COc1cnc2ccccc2n1. The van der Waals surface area contributed by atoms with Gasteiger partial charge in [0.2, 0.25) is 5.88 Å². The van der Waals surface area contributed by atoms with Crippen LogP contribution in [0.4, 0.5) is 0 Å². The van der Waals surface area contributed by atoms with E-state index in [1.165, 1.54) is 26.5 Å². The molecule has 4 rings (SSSR count). The average molecular weight is 409 g/mol. The van der Waals surface area contributed by atoms with Crippen molar-refractivity contribution in [3.8, 4) is 17.1 Å². The highest BCUT2D eigenvalue weighted by atomic mass is 32.2. The highest BCUT2D eigenvalue weighted by Crippen LogP contribution is 2.21. The van der Waals surface area contributed by atoms with Crippen molar-refractivity contribution >= 4 is 21.2 Å². The van der Waals surface area contributed by atoms with E-state index < -0.39 is 10.2 Å². The van der Waals surface area contributed by atoms with Crippen LogP contribution >= 0.6 is 0 Å². The van der Waals surface area contributed by atoms with Gasteiger partial charge in [-0.2, -0.15) is 12.7 Å². The molecule has 148 valence electrons. The topological polar surface area (TPSA) is 90.2 Å². The van der Waals surface area contributed by atoms with Crippen LogP contribution in [-0.2, 0) is 16.8 Å².